The fourth-order valence-electron chi connectivity index (χ4n) is 1.65. The zero-order chi connectivity index (χ0) is 14.2. The molecule has 3 nitrogen and oxygen atoms in total. The molecule has 0 heterocycles. The summed E-state index contributed by atoms with van der Waals surface area (Å²) in [5.74, 6) is 0.332. The quantitative estimate of drug-likeness (QED) is 0.458. The Bertz CT molecular complexity index is 561. The van der Waals surface area contributed by atoms with E-state index in [-0.39, 0.29) is 6.61 Å². The summed E-state index contributed by atoms with van der Waals surface area (Å²) in [5, 5.41) is 0. The predicted octanol–water partition coefficient (Wildman–Crippen LogP) is 3.32. The Hall–Kier alpha value is -2.55. The minimum absolute atomic E-state index is 0.194. The molecule has 0 aliphatic rings. The van der Waals surface area contributed by atoms with E-state index >= 15 is 0 Å². The third-order valence-corrected chi connectivity index (χ3v) is 2.70. The van der Waals surface area contributed by atoms with Gasteiger partial charge in [-0.15, -0.1) is 0 Å². The fraction of sp³-hybridized carbons (Fsp3) is 0.118. The van der Waals surface area contributed by atoms with Crippen LogP contribution in [0, 0.1) is 0 Å². The van der Waals surface area contributed by atoms with Gasteiger partial charge in [0, 0.05) is 0 Å². The predicted molar refractivity (Wildman–Crippen MR) is 78.4 cm³/mol. The summed E-state index contributed by atoms with van der Waals surface area (Å²) in [4.78, 5) is 11.8. The van der Waals surface area contributed by atoms with Crippen LogP contribution in [0.15, 0.2) is 67.2 Å². The zero-order valence-corrected chi connectivity index (χ0v) is 11.1. The lowest BCUT2D eigenvalue weighted by molar-refractivity contribution is -0.137. The van der Waals surface area contributed by atoms with Gasteiger partial charge in [-0.2, -0.15) is 0 Å². The van der Waals surface area contributed by atoms with Crippen molar-refractivity contribution in [1.29, 1.82) is 0 Å². The molecule has 0 fully saturated rings. The van der Waals surface area contributed by atoms with E-state index in [0.717, 1.165) is 11.3 Å². The molecule has 0 amide bonds. The monoisotopic (exact) mass is 268 g/mol. The van der Waals surface area contributed by atoms with E-state index in [2.05, 4.69) is 6.58 Å². The summed E-state index contributed by atoms with van der Waals surface area (Å²) in [6, 6.07) is 18.6. The molecule has 2 aromatic carbocycles. The van der Waals surface area contributed by atoms with Crippen LogP contribution in [0.1, 0.15) is 5.56 Å². The summed E-state index contributed by atoms with van der Waals surface area (Å²) in [6.45, 7) is 4.26. The molecule has 0 saturated heterocycles. The molecule has 102 valence electrons. The molecule has 0 saturated carbocycles. The highest BCUT2D eigenvalue weighted by Gasteiger charge is 2.10. The highest BCUT2D eigenvalue weighted by Crippen LogP contribution is 2.13. The molecular formula is C17H16O3. The van der Waals surface area contributed by atoms with Crippen molar-refractivity contribution in [2.24, 2.45) is 0 Å². The van der Waals surface area contributed by atoms with Crippen molar-refractivity contribution in [2.45, 2.75) is 0 Å². The summed E-state index contributed by atoms with van der Waals surface area (Å²) in [5.41, 5.74) is 1.12. The Labute approximate surface area is 118 Å². The number of para-hydroxylation sites is 1. The number of benzene rings is 2. The molecule has 20 heavy (non-hydrogen) atoms. The average Bonchev–Trinajstić information content (AvgIpc) is 2.52. The molecule has 2 aromatic rings. The lowest BCUT2D eigenvalue weighted by atomic mass is 10.1. The second-order valence-corrected chi connectivity index (χ2v) is 4.14. The van der Waals surface area contributed by atoms with Gasteiger partial charge in [0.25, 0.3) is 0 Å². The molecule has 0 spiro atoms. The summed E-state index contributed by atoms with van der Waals surface area (Å²) >= 11 is 0. The van der Waals surface area contributed by atoms with Gasteiger partial charge in [-0.25, -0.2) is 4.79 Å². The summed E-state index contributed by atoms with van der Waals surface area (Å²) in [7, 11) is 0. The molecule has 0 unspecified atom stereocenters. The van der Waals surface area contributed by atoms with Gasteiger partial charge in [-0.3, -0.25) is 0 Å². The molecule has 2 rings (SSSR count). The van der Waals surface area contributed by atoms with Gasteiger partial charge in [0.05, 0.1) is 5.57 Å². The Morgan fingerprint density at radius 3 is 2.15 bits per heavy atom. The molecule has 0 aliphatic heterocycles. The smallest absolute Gasteiger partial charge is 0.338 e. The normalized spacial score (nSPS) is 9.80. The Balaban J connectivity index is 1.74. The van der Waals surface area contributed by atoms with Gasteiger partial charge in [0.2, 0.25) is 0 Å². The number of rotatable bonds is 6. The van der Waals surface area contributed by atoms with E-state index in [9.17, 15) is 4.79 Å². The lowest BCUT2D eigenvalue weighted by Gasteiger charge is -2.08. The largest absolute Gasteiger partial charge is 0.490 e. The van der Waals surface area contributed by atoms with Gasteiger partial charge in [-0.05, 0) is 17.7 Å². The van der Waals surface area contributed by atoms with Crippen molar-refractivity contribution >= 4 is 11.5 Å². The Morgan fingerprint density at radius 2 is 1.50 bits per heavy atom. The van der Waals surface area contributed by atoms with Crippen molar-refractivity contribution < 1.29 is 14.3 Å². The minimum atomic E-state index is -0.423. The molecule has 0 aliphatic carbocycles. The van der Waals surface area contributed by atoms with Gasteiger partial charge in [-0.1, -0.05) is 55.1 Å². The first-order valence-corrected chi connectivity index (χ1v) is 6.36. The van der Waals surface area contributed by atoms with Gasteiger partial charge < -0.3 is 9.47 Å². The summed E-state index contributed by atoms with van der Waals surface area (Å²) in [6.07, 6.45) is 0. The van der Waals surface area contributed by atoms with Crippen molar-refractivity contribution in [3.05, 3.63) is 72.8 Å². The Morgan fingerprint density at radius 1 is 0.900 bits per heavy atom. The summed E-state index contributed by atoms with van der Waals surface area (Å²) < 4.78 is 10.6. The van der Waals surface area contributed by atoms with Crippen molar-refractivity contribution in [2.75, 3.05) is 13.2 Å². The maximum Gasteiger partial charge on any atom is 0.338 e. The Kier molecular flexibility index (Phi) is 4.95. The SMILES string of the molecule is C=C(C(=O)OCCOc1ccccc1)c1ccccc1. The maximum atomic E-state index is 11.8. The molecule has 0 N–H and O–H groups in total. The number of hydrogen-bond donors (Lipinski definition) is 0. The van der Waals surface area contributed by atoms with Crippen LogP contribution < -0.4 is 4.74 Å². The third kappa shape index (κ3) is 3.99. The highest BCUT2D eigenvalue weighted by molar-refractivity contribution is 6.15. The van der Waals surface area contributed by atoms with E-state index in [1.807, 2.05) is 60.7 Å². The number of esters is 1. The molecule has 3 heteroatoms. The van der Waals surface area contributed by atoms with Crippen LogP contribution in [0.2, 0.25) is 0 Å². The lowest BCUT2D eigenvalue weighted by Crippen LogP contribution is -2.13. The first kappa shape index (κ1) is 13.9. The second kappa shape index (κ2) is 7.14. The molecular weight excluding hydrogens is 252 g/mol. The van der Waals surface area contributed by atoms with Gasteiger partial charge in [0.15, 0.2) is 0 Å². The minimum Gasteiger partial charge on any atom is -0.490 e. The van der Waals surface area contributed by atoms with Crippen molar-refractivity contribution in [3.63, 3.8) is 0 Å². The van der Waals surface area contributed by atoms with Crippen LogP contribution in [-0.4, -0.2) is 19.2 Å². The van der Waals surface area contributed by atoms with Crippen LogP contribution in [0.25, 0.3) is 5.57 Å². The number of hydrogen-bond acceptors (Lipinski definition) is 3. The first-order valence-electron chi connectivity index (χ1n) is 6.36. The fourth-order valence-corrected chi connectivity index (χ4v) is 1.65. The van der Waals surface area contributed by atoms with E-state index in [0.29, 0.717) is 12.2 Å². The van der Waals surface area contributed by atoms with Gasteiger partial charge >= 0.3 is 5.97 Å². The van der Waals surface area contributed by atoms with Crippen LogP contribution in [0.5, 0.6) is 5.75 Å². The number of carbonyl (C=O) groups is 1. The molecule has 0 radical (unpaired) electrons. The van der Waals surface area contributed by atoms with Crippen LogP contribution in [0.3, 0.4) is 0 Å². The molecule has 0 aromatic heterocycles. The van der Waals surface area contributed by atoms with Crippen LogP contribution in [0.4, 0.5) is 0 Å². The van der Waals surface area contributed by atoms with E-state index < -0.39 is 5.97 Å². The highest BCUT2D eigenvalue weighted by atomic mass is 16.6. The maximum absolute atomic E-state index is 11.8. The molecule has 0 bridgehead atoms. The van der Waals surface area contributed by atoms with Crippen molar-refractivity contribution in [3.8, 4) is 5.75 Å². The number of carbonyl (C=O) groups excluding carboxylic acids is 1. The van der Waals surface area contributed by atoms with Crippen LogP contribution in [-0.2, 0) is 9.53 Å². The first-order chi connectivity index (χ1) is 9.77. The topological polar surface area (TPSA) is 35.5 Å². The van der Waals surface area contributed by atoms with E-state index in [4.69, 9.17) is 9.47 Å². The van der Waals surface area contributed by atoms with Gasteiger partial charge in [0.1, 0.15) is 19.0 Å². The second-order valence-electron chi connectivity index (χ2n) is 4.14. The molecule has 0 atom stereocenters. The van der Waals surface area contributed by atoms with E-state index in [1.165, 1.54) is 0 Å². The average molecular weight is 268 g/mol. The number of ether oxygens (including phenoxy) is 2. The van der Waals surface area contributed by atoms with Crippen molar-refractivity contribution in [1.82, 2.24) is 0 Å². The van der Waals surface area contributed by atoms with Crippen LogP contribution >= 0.6 is 0 Å². The zero-order valence-electron chi connectivity index (χ0n) is 11.1. The third-order valence-electron chi connectivity index (χ3n) is 2.70. The van der Waals surface area contributed by atoms with E-state index in [1.54, 1.807) is 0 Å². The standard InChI is InChI=1S/C17H16O3/c1-14(15-8-4-2-5-9-15)17(18)20-13-12-19-16-10-6-3-7-11-16/h2-11H,1,12-13H2.